The number of imidazole rings is 1. The number of rotatable bonds is 5. The predicted molar refractivity (Wildman–Crippen MR) is 132 cm³/mol. The number of benzene rings is 2. The molecule has 0 unspecified atom stereocenters. The van der Waals surface area contributed by atoms with Crippen LogP contribution in [-0.4, -0.2) is 49.6 Å². The van der Waals surface area contributed by atoms with Crippen LogP contribution in [0.1, 0.15) is 35.8 Å². The highest BCUT2D eigenvalue weighted by Gasteiger charge is 2.28. The Balaban J connectivity index is 1.30. The molecule has 3 heterocycles. The second-order valence-corrected chi connectivity index (χ2v) is 9.72. The second kappa shape index (κ2) is 9.54. The van der Waals surface area contributed by atoms with E-state index in [1.54, 1.807) is 12.1 Å². The van der Waals surface area contributed by atoms with Crippen molar-refractivity contribution in [1.82, 2.24) is 24.8 Å². The van der Waals surface area contributed by atoms with E-state index in [2.05, 4.69) is 21.0 Å². The molecule has 2 aromatic heterocycles. The van der Waals surface area contributed by atoms with E-state index in [1.165, 1.54) is 29.5 Å². The quantitative estimate of drug-likeness (QED) is 0.398. The first kappa shape index (κ1) is 22.5. The number of H-pyrrole nitrogens is 1. The number of carbonyl (C=O) groups is 1. The largest absolute Gasteiger partial charge is 0.341 e. The van der Waals surface area contributed by atoms with Crippen molar-refractivity contribution < 1.29 is 9.18 Å². The summed E-state index contributed by atoms with van der Waals surface area (Å²) < 4.78 is 13.5. The molecule has 34 heavy (non-hydrogen) atoms. The average molecular weight is 476 g/mol. The number of carbonyl (C=O) groups excluding carboxylic acids is 1. The summed E-state index contributed by atoms with van der Waals surface area (Å²) in [6.07, 6.45) is 3.67. The molecular formula is C26H26FN5OS. The number of thioether (sulfide) groups is 1. The lowest BCUT2D eigenvalue weighted by Crippen LogP contribution is -2.40. The number of nitrogens with one attached hydrogen (secondary N) is 1. The molecule has 1 N–H and O–H groups in total. The number of aromatic amines is 1. The van der Waals surface area contributed by atoms with E-state index in [9.17, 15) is 9.18 Å². The van der Waals surface area contributed by atoms with Crippen molar-refractivity contribution in [2.75, 3.05) is 18.8 Å². The normalized spacial score (nSPS) is 16.2. The van der Waals surface area contributed by atoms with E-state index in [-0.39, 0.29) is 17.6 Å². The molecule has 5 rings (SSSR count). The van der Waals surface area contributed by atoms with E-state index in [1.807, 2.05) is 37.1 Å². The van der Waals surface area contributed by atoms with Gasteiger partial charge < -0.3 is 9.88 Å². The zero-order chi connectivity index (χ0) is 23.7. The first-order valence-electron chi connectivity index (χ1n) is 11.4. The Labute approximate surface area is 202 Å². The van der Waals surface area contributed by atoms with Gasteiger partial charge in [0.25, 0.3) is 0 Å². The van der Waals surface area contributed by atoms with Crippen molar-refractivity contribution in [2.24, 2.45) is 0 Å². The Kier molecular flexibility index (Phi) is 6.32. The van der Waals surface area contributed by atoms with E-state index in [0.29, 0.717) is 18.1 Å². The smallest absolute Gasteiger partial charge is 0.233 e. The number of hydrogen-bond donors (Lipinski definition) is 1. The van der Waals surface area contributed by atoms with E-state index >= 15 is 0 Å². The summed E-state index contributed by atoms with van der Waals surface area (Å²) in [6, 6.07) is 12.5. The van der Waals surface area contributed by atoms with Crippen LogP contribution in [0.25, 0.3) is 22.2 Å². The van der Waals surface area contributed by atoms with Crippen LogP contribution in [0, 0.1) is 19.7 Å². The third-order valence-corrected chi connectivity index (χ3v) is 7.06. The third kappa shape index (κ3) is 4.82. The molecule has 1 aliphatic rings. The molecule has 8 heteroatoms. The van der Waals surface area contributed by atoms with Crippen molar-refractivity contribution >= 4 is 28.7 Å². The number of aryl methyl sites for hydroxylation is 2. The molecule has 1 amide bonds. The standard InChI is InChI=1S/C26H26FN5OS/c1-16-5-10-22-23(12-16)31-26(30-22)34-15-24(33)32-11-3-4-19(14-32)25-21(13-28-17(2)29-25)18-6-8-20(27)9-7-18/h5-10,12-13,19H,3-4,11,14-15H2,1-2H3,(H,30,31)/t19-/m1/s1. The summed E-state index contributed by atoms with van der Waals surface area (Å²) >= 11 is 1.44. The molecule has 0 bridgehead atoms. The molecule has 6 nitrogen and oxygen atoms in total. The molecule has 1 atom stereocenters. The van der Waals surface area contributed by atoms with E-state index in [0.717, 1.165) is 52.4 Å². The van der Waals surface area contributed by atoms with Crippen LogP contribution in [-0.2, 0) is 4.79 Å². The number of aromatic nitrogens is 4. The molecule has 174 valence electrons. The number of hydrogen-bond acceptors (Lipinski definition) is 5. The van der Waals surface area contributed by atoms with E-state index < -0.39 is 0 Å². The van der Waals surface area contributed by atoms with Gasteiger partial charge >= 0.3 is 0 Å². The summed E-state index contributed by atoms with van der Waals surface area (Å²) in [5, 5.41) is 0.757. The molecule has 2 aromatic carbocycles. The fourth-order valence-electron chi connectivity index (χ4n) is 4.47. The van der Waals surface area contributed by atoms with Crippen LogP contribution in [0.4, 0.5) is 4.39 Å². The van der Waals surface area contributed by atoms with Crippen molar-refractivity contribution in [2.45, 2.75) is 37.8 Å². The van der Waals surface area contributed by atoms with Crippen LogP contribution in [0.5, 0.6) is 0 Å². The first-order valence-corrected chi connectivity index (χ1v) is 12.4. The maximum atomic E-state index is 13.5. The highest BCUT2D eigenvalue weighted by atomic mass is 32.2. The SMILES string of the molecule is Cc1ccc2nc(SCC(=O)N3CCC[C@@H](c4nc(C)ncc4-c4ccc(F)cc4)C3)[nH]c2c1. The molecule has 0 saturated carbocycles. The van der Waals surface area contributed by atoms with Gasteiger partial charge in [-0.15, -0.1) is 0 Å². The van der Waals surface area contributed by atoms with Crippen molar-refractivity contribution in [3.63, 3.8) is 0 Å². The van der Waals surface area contributed by atoms with Gasteiger partial charge in [-0.1, -0.05) is 30.0 Å². The van der Waals surface area contributed by atoms with Gasteiger partial charge in [0.15, 0.2) is 5.16 Å². The minimum absolute atomic E-state index is 0.0976. The number of nitrogens with zero attached hydrogens (tertiary/aromatic N) is 4. The molecule has 1 fully saturated rings. The van der Waals surface area contributed by atoms with Gasteiger partial charge in [-0.3, -0.25) is 4.79 Å². The monoisotopic (exact) mass is 475 g/mol. The second-order valence-electron chi connectivity index (χ2n) is 8.75. The first-order chi connectivity index (χ1) is 16.5. The zero-order valence-electron chi connectivity index (χ0n) is 19.2. The summed E-state index contributed by atoms with van der Waals surface area (Å²) in [5.41, 5.74) is 5.78. The summed E-state index contributed by atoms with van der Waals surface area (Å²) in [7, 11) is 0. The molecular weight excluding hydrogens is 449 g/mol. The lowest BCUT2D eigenvalue weighted by Gasteiger charge is -2.33. The summed E-state index contributed by atoms with van der Waals surface area (Å²) in [6.45, 7) is 5.27. The highest BCUT2D eigenvalue weighted by Crippen LogP contribution is 2.33. The average Bonchev–Trinajstić information content (AvgIpc) is 3.25. The van der Waals surface area contributed by atoms with Crippen LogP contribution in [0.3, 0.4) is 0 Å². The van der Waals surface area contributed by atoms with Gasteiger partial charge in [0.2, 0.25) is 5.91 Å². The molecule has 1 saturated heterocycles. The van der Waals surface area contributed by atoms with Gasteiger partial charge in [-0.2, -0.15) is 0 Å². The Morgan fingerprint density at radius 1 is 1.18 bits per heavy atom. The van der Waals surface area contributed by atoms with Crippen molar-refractivity contribution in [3.05, 3.63) is 71.6 Å². The number of fused-ring (bicyclic) bond motifs is 1. The van der Waals surface area contributed by atoms with Crippen LogP contribution >= 0.6 is 11.8 Å². The molecule has 0 aliphatic carbocycles. The van der Waals surface area contributed by atoms with Crippen LogP contribution < -0.4 is 0 Å². The Morgan fingerprint density at radius 2 is 2.00 bits per heavy atom. The minimum Gasteiger partial charge on any atom is -0.341 e. The molecule has 1 aliphatic heterocycles. The van der Waals surface area contributed by atoms with Crippen LogP contribution in [0.15, 0.2) is 53.8 Å². The fourth-order valence-corrected chi connectivity index (χ4v) is 5.26. The number of likely N-dealkylation sites (tertiary alicyclic amines) is 1. The van der Waals surface area contributed by atoms with Crippen molar-refractivity contribution in [1.29, 1.82) is 0 Å². The molecule has 0 radical (unpaired) electrons. The highest BCUT2D eigenvalue weighted by molar-refractivity contribution is 7.99. The topological polar surface area (TPSA) is 74.8 Å². The Hall–Kier alpha value is -3.26. The molecule has 0 spiro atoms. The third-order valence-electron chi connectivity index (χ3n) is 6.20. The van der Waals surface area contributed by atoms with Crippen molar-refractivity contribution in [3.8, 4) is 11.1 Å². The lowest BCUT2D eigenvalue weighted by atomic mass is 9.90. The Morgan fingerprint density at radius 3 is 2.82 bits per heavy atom. The van der Waals surface area contributed by atoms with Crippen LogP contribution in [0.2, 0.25) is 0 Å². The fraction of sp³-hybridized carbons (Fsp3) is 0.308. The van der Waals surface area contributed by atoms with E-state index in [4.69, 9.17) is 4.98 Å². The van der Waals surface area contributed by atoms with Gasteiger partial charge in [0, 0.05) is 30.8 Å². The summed E-state index contributed by atoms with van der Waals surface area (Å²) in [4.78, 5) is 32.0. The van der Waals surface area contributed by atoms with Gasteiger partial charge in [0.05, 0.1) is 22.5 Å². The number of amides is 1. The van der Waals surface area contributed by atoms with Gasteiger partial charge in [-0.05, 0) is 62.1 Å². The number of halogens is 1. The number of piperidine rings is 1. The minimum atomic E-state index is -0.273. The zero-order valence-corrected chi connectivity index (χ0v) is 20.0. The summed E-state index contributed by atoms with van der Waals surface area (Å²) in [5.74, 6) is 0.961. The predicted octanol–water partition coefficient (Wildman–Crippen LogP) is 5.27. The molecule has 4 aromatic rings. The maximum Gasteiger partial charge on any atom is 0.233 e. The lowest BCUT2D eigenvalue weighted by molar-refractivity contribution is -0.129. The maximum absolute atomic E-state index is 13.5. The van der Waals surface area contributed by atoms with Gasteiger partial charge in [-0.25, -0.2) is 19.3 Å². The van der Waals surface area contributed by atoms with Gasteiger partial charge in [0.1, 0.15) is 11.6 Å². The Bertz CT molecular complexity index is 1340.